The second kappa shape index (κ2) is 6.69. The summed E-state index contributed by atoms with van der Waals surface area (Å²) < 4.78 is 6.05. The number of methoxy groups -OCH3 is 1. The molecule has 0 fully saturated rings. The lowest BCUT2D eigenvalue weighted by Crippen LogP contribution is -2.15. The van der Waals surface area contributed by atoms with Crippen molar-refractivity contribution in [3.8, 4) is 16.9 Å². The third kappa shape index (κ3) is 3.53. The molecule has 27 heavy (non-hydrogen) atoms. The van der Waals surface area contributed by atoms with Crippen LogP contribution in [0.5, 0.6) is 5.75 Å². The van der Waals surface area contributed by atoms with Gasteiger partial charge in [0.25, 0.3) is 0 Å². The van der Waals surface area contributed by atoms with Crippen molar-refractivity contribution in [2.24, 2.45) is 5.92 Å². The minimum absolute atomic E-state index is 0.0476. The Morgan fingerprint density at radius 2 is 1.48 bits per heavy atom. The molecule has 0 aromatic heterocycles. The predicted molar refractivity (Wildman–Crippen MR) is 117 cm³/mol. The Kier molecular flexibility index (Phi) is 4.95. The van der Waals surface area contributed by atoms with E-state index in [0.717, 1.165) is 12.2 Å². The highest BCUT2D eigenvalue weighted by molar-refractivity contribution is 5.79. The van der Waals surface area contributed by atoms with E-state index in [1.807, 2.05) is 7.11 Å². The Morgan fingerprint density at radius 1 is 0.889 bits per heavy atom. The van der Waals surface area contributed by atoms with Gasteiger partial charge in [0.15, 0.2) is 0 Å². The van der Waals surface area contributed by atoms with Crippen molar-refractivity contribution in [1.29, 1.82) is 0 Å². The van der Waals surface area contributed by atoms with Crippen LogP contribution in [0.4, 0.5) is 0 Å². The van der Waals surface area contributed by atoms with Crippen LogP contribution in [-0.4, -0.2) is 7.11 Å². The topological polar surface area (TPSA) is 9.23 Å². The summed E-state index contributed by atoms with van der Waals surface area (Å²) in [5.41, 5.74) is 8.51. The van der Waals surface area contributed by atoms with E-state index >= 15 is 0 Å². The first-order valence-corrected chi connectivity index (χ1v) is 10.3. The molecule has 1 unspecified atom stereocenters. The summed E-state index contributed by atoms with van der Waals surface area (Å²) in [4.78, 5) is 0. The number of hydrogen-bond donors (Lipinski definition) is 0. The van der Waals surface area contributed by atoms with Crippen LogP contribution in [0, 0.1) is 5.92 Å². The highest BCUT2D eigenvalue weighted by atomic mass is 16.5. The maximum absolute atomic E-state index is 6.05. The van der Waals surface area contributed by atoms with E-state index in [-0.39, 0.29) is 10.8 Å². The van der Waals surface area contributed by atoms with Gasteiger partial charge in [-0.2, -0.15) is 0 Å². The summed E-state index contributed by atoms with van der Waals surface area (Å²) >= 11 is 0. The molecule has 0 spiro atoms. The summed E-state index contributed by atoms with van der Waals surface area (Å²) in [6.45, 7) is 18.4. The third-order valence-electron chi connectivity index (χ3n) is 6.34. The van der Waals surface area contributed by atoms with Crippen molar-refractivity contribution < 1.29 is 4.74 Å². The monoisotopic (exact) mass is 364 g/mol. The summed E-state index contributed by atoms with van der Waals surface area (Å²) in [6, 6.07) is 11.6. The molecular weight excluding hydrogens is 328 g/mol. The number of fused-ring (bicyclic) bond motifs is 1. The summed E-state index contributed by atoms with van der Waals surface area (Å²) in [7, 11) is 1.83. The van der Waals surface area contributed by atoms with E-state index < -0.39 is 0 Å². The molecular formula is C26H36O. The highest BCUT2D eigenvalue weighted by Crippen LogP contribution is 2.50. The van der Waals surface area contributed by atoms with Gasteiger partial charge in [-0.3, -0.25) is 0 Å². The fourth-order valence-corrected chi connectivity index (χ4v) is 4.37. The van der Waals surface area contributed by atoms with Gasteiger partial charge in [0.1, 0.15) is 5.75 Å². The average molecular weight is 365 g/mol. The van der Waals surface area contributed by atoms with Gasteiger partial charge < -0.3 is 4.74 Å². The Hall–Kier alpha value is -1.76. The van der Waals surface area contributed by atoms with Crippen molar-refractivity contribution in [1.82, 2.24) is 0 Å². The number of benzene rings is 2. The largest absolute Gasteiger partial charge is 0.496 e. The second-order valence-electron chi connectivity index (χ2n) is 10.4. The molecule has 2 aromatic rings. The van der Waals surface area contributed by atoms with Crippen molar-refractivity contribution in [3.63, 3.8) is 0 Å². The van der Waals surface area contributed by atoms with E-state index in [9.17, 15) is 0 Å². The number of rotatable bonds is 2. The summed E-state index contributed by atoms with van der Waals surface area (Å²) in [5, 5.41) is 0. The minimum Gasteiger partial charge on any atom is -0.496 e. The molecule has 1 nitrogen and oxygen atoms in total. The Balaban J connectivity index is 2.28. The molecule has 0 saturated carbocycles. The van der Waals surface area contributed by atoms with Gasteiger partial charge in [-0.15, -0.1) is 0 Å². The minimum atomic E-state index is 0.0476. The summed E-state index contributed by atoms with van der Waals surface area (Å²) in [6.07, 6.45) is 1.13. The lowest BCUT2D eigenvalue weighted by molar-refractivity contribution is 0.398. The molecule has 2 atom stereocenters. The molecule has 1 aliphatic rings. The molecule has 1 heteroatoms. The van der Waals surface area contributed by atoms with Crippen LogP contribution < -0.4 is 4.74 Å². The average Bonchev–Trinajstić information content (AvgIpc) is 2.86. The van der Waals surface area contributed by atoms with Crippen LogP contribution >= 0.6 is 0 Å². The molecule has 0 bridgehead atoms. The molecule has 0 saturated heterocycles. The van der Waals surface area contributed by atoms with Crippen LogP contribution in [-0.2, 0) is 17.3 Å². The Bertz CT molecular complexity index is 828. The van der Waals surface area contributed by atoms with Gasteiger partial charge in [0, 0.05) is 11.1 Å². The van der Waals surface area contributed by atoms with Crippen LogP contribution in [0.2, 0.25) is 0 Å². The van der Waals surface area contributed by atoms with Crippen LogP contribution in [0.25, 0.3) is 11.1 Å². The zero-order valence-corrected chi connectivity index (χ0v) is 18.7. The van der Waals surface area contributed by atoms with Gasteiger partial charge in [-0.1, -0.05) is 85.7 Å². The highest BCUT2D eigenvalue weighted by Gasteiger charge is 2.34. The lowest BCUT2D eigenvalue weighted by atomic mass is 9.80. The summed E-state index contributed by atoms with van der Waals surface area (Å²) in [5.74, 6) is 2.33. The second-order valence-corrected chi connectivity index (χ2v) is 10.4. The van der Waals surface area contributed by atoms with Crippen molar-refractivity contribution >= 4 is 0 Å². The molecule has 2 aromatic carbocycles. The van der Waals surface area contributed by atoms with E-state index in [2.05, 4.69) is 85.7 Å². The molecule has 0 heterocycles. The van der Waals surface area contributed by atoms with E-state index in [1.165, 1.54) is 33.4 Å². The maximum Gasteiger partial charge on any atom is 0.130 e. The van der Waals surface area contributed by atoms with Gasteiger partial charge in [0.05, 0.1) is 7.11 Å². The van der Waals surface area contributed by atoms with Crippen LogP contribution in [0.1, 0.15) is 83.6 Å². The van der Waals surface area contributed by atoms with E-state index in [4.69, 9.17) is 4.74 Å². The van der Waals surface area contributed by atoms with Crippen molar-refractivity contribution in [2.75, 3.05) is 7.11 Å². The predicted octanol–water partition coefficient (Wildman–Crippen LogP) is 7.25. The molecule has 0 amide bonds. The SMILES string of the molecule is COc1c(C(C)(C)C)cc2c(c1-c1ccc(C(C)(C)C)cc1)C[C@H](C)C2C. The van der Waals surface area contributed by atoms with Crippen molar-refractivity contribution in [2.45, 2.75) is 78.6 Å². The normalized spacial score (nSPS) is 19.9. The van der Waals surface area contributed by atoms with Crippen molar-refractivity contribution in [3.05, 3.63) is 52.6 Å². The quantitative estimate of drug-likeness (QED) is 0.545. The van der Waals surface area contributed by atoms with Crippen LogP contribution in [0.15, 0.2) is 30.3 Å². The smallest absolute Gasteiger partial charge is 0.130 e. The first kappa shape index (κ1) is 20.0. The Labute approximate surface area is 166 Å². The number of hydrogen-bond acceptors (Lipinski definition) is 1. The first-order valence-electron chi connectivity index (χ1n) is 10.3. The molecule has 0 radical (unpaired) electrons. The number of ether oxygens (including phenoxy) is 1. The van der Waals surface area contributed by atoms with Gasteiger partial charge in [0.2, 0.25) is 0 Å². The fraction of sp³-hybridized carbons (Fsp3) is 0.538. The third-order valence-corrected chi connectivity index (χ3v) is 6.34. The van der Waals surface area contributed by atoms with Gasteiger partial charge in [-0.25, -0.2) is 0 Å². The zero-order chi connectivity index (χ0) is 20.1. The zero-order valence-electron chi connectivity index (χ0n) is 18.7. The molecule has 146 valence electrons. The first-order chi connectivity index (χ1) is 12.4. The molecule has 0 N–H and O–H groups in total. The molecule has 3 rings (SSSR count). The fourth-order valence-electron chi connectivity index (χ4n) is 4.37. The lowest BCUT2D eigenvalue weighted by Gasteiger charge is -2.27. The molecule has 0 aliphatic heterocycles. The molecule has 1 aliphatic carbocycles. The van der Waals surface area contributed by atoms with E-state index in [1.54, 1.807) is 0 Å². The van der Waals surface area contributed by atoms with Gasteiger partial charge >= 0.3 is 0 Å². The standard InChI is InChI=1S/C26H36O/c1-16-14-21-20(17(16)2)15-22(26(6,7)8)24(27-9)23(21)18-10-12-19(13-11-18)25(3,4)5/h10-13,15-17H,14H2,1-9H3/t16-,17?/m0/s1. The maximum atomic E-state index is 6.05. The van der Waals surface area contributed by atoms with Gasteiger partial charge in [-0.05, 0) is 51.3 Å². The Morgan fingerprint density at radius 3 is 1.96 bits per heavy atom. The van der Waals surface area contributed by atoms with E-state index in [0.29, 0.717) is 11.8 Å². The van der Waals surface area contributed by atoms with Crippen LogP contribution in [0.3, 0.4) is 0 Å².